The molecule has 0 spiro atoms. The summed E-state index contributed by atoms with van der Waals surface area (Å²) in [7, 11) is 0. The summed E-state index contributed by atoms with van der Waals surface area (Å²) < 4.78 is 49.2. The molecule has 0 aliphatic heterocycles. The number of hydrogen-bond donors (Lipinski definition) is 1. The minimum atomic E-state index is -4.65. The summed E-state index contributed by atoms with van der Waals surface area (Å²) in [6, 6.07) is 6.90. The van der Waals surface area contributed by atoms with Crippen molar-refractivity contribution in [1.82, 2.24) is 5.32 Å². The molecule has 0 unspecified atom stereocenters. The second-order valence-electron chi connectivity index (χ2n) is 3.73. The van der Waals surface area contributed by atoms with Crippen molar-refractivity contribution in [2.75, 3.05) is 0 Å². The molecule has 0 radical (unpaired) electrons. The molecular weight excluding hydrogens is 250 g/mol. The first kappa shape index (κ1) is 14.5. The van der Waals surface area contributed by atoms with Crippen molar-refractivity contribution in [2.45, 2.75) is 32.2 Å². The Kier molecular flexibility index (Phi) is 4.69. The third-order valence-electron chi connectivity index (χ3n) is 2.52. The topological polar surface area (TPSA) is 29.1 Å². The maximum atomic E-state index is 12.7. The van der Waals surface area contributed by atoms with Crippen LogP contribution in [-0.2, 0) is 17.8 Å². The van der Waals surface area contributed by atoms with Gasteiger partial charge in [-0.3, -0.25) is 4.79 Å². The Labute approximate surface area is 102 Å². The fraction of sp³-hybridized carbons (Fsp3) is 0.417. The Morgan fingerprint density at radius 1 is 1.28 bits per heavy atom. The van der Waals surface area contributed by atoms with Crippen LogP contribution >= 0.6 is 0 Å². The van der Waals surface area contributed by atoms with Crippen LogP contribution in [0.4, 0.5) is 17.6 Å². The number of amides is 1. The number of aryl methyl sites for hydroxylation is 1. The average Bonchev–Trinajstić information content (AvgIpc) is 2.35. The summed E-state index contributed by atoms with van der Waals surface area (Å²) in [4.78, 5) is 10.9. The number of alkyl halides is 4. The average molecular weight is 263 g/mol. The molecule has 0 saturated carbocycles. The Morgan fingerprint density at radius 2 is 1.83 bits per heavy atom. The Morgan fingerprint density at radius 3 is 2.33 bits per heavy atom. The molecule has 0 aliphatic rings. The highest BCUT2D eigenvalue weighted by Gasteiger charge is 2.48. The zero-order valence-electron chi connectivity index (χ0n) is 9.72. The van der Waals surface area contributed by atoms with Gasteiger partial charge in [-0.15, -0.1) is 0 Å². The van der Waals surface area contributed by atoms with Crippen molar-refractivity contribution in [3.63, 3.8) is 0 Å². The maximum absolute atomic E-state index is 12.7. The lowest BCUT2D eigenvalue weighted by molar-refractivity contribution is -0.169. The molecule has 0 aliphatic carbocycles. The zero-order valence-corrected chi connectivity index (χ0v) is 9.72. The summed E-state index contributed by atoms with van der Waals surface area (Å²) >= 11 is 0. The van der Waals surface area contributed by atoms with Crippen molar-refractivity contribution < 1.29 is 22.4 Å². The fourth-order valence-electron chi connectivity index (χ4n) is 1.47. The van der Waals surface area contributed by atoms with Gasteiger partial charge in [0.2, 0.25) is 0 Å². The largest absolute Gasteiger partial charge is 0.383 e. The highest BCUT2D eigenvalue weighted by atomic mass is 19.3. The lowest BCUT2D eigenvalue weighted by Gasteiger charge is -2.15. The van der Waals surface area contributed by atoms with Crippen LogP contribution in [-0.4, -0.2) is 18.3 Å². The van der Waals surface area contributed by atoms with Crippen LogP contribution in [0.3, 0.4) is 0 Å². The quantitative estimate of drug-likeness (QED) is 0.813. The van der Waals surface area contributed by atoms with Gasteiger partial charge in [-0.1, -0.05) is 31.2 Å². The molecule has 1 N–H and O–H groups in total. The zero-order chi connectivity index (χ0) is 13.8. The van der Waals surface area contributed by atoms with E-state index in [2.05, 4.69) is 0 Å². The van der Waals surface area contributed by atoms with E-state index in [0.29, 0.717) is 12.0 Å². The first-order valence-corrected chi connectivity index (χ1v) is 5.40. The van der Waals surface area contributed by atoms with E-state index in [1.165, 1.54) is 0 Å². The summed E-state index contributed by atoms with van der Waals surface area (Å²) in [6.07, 6.45) is -3.34. The molecule has 0 heterocycles. The molecule has 18 heavy (non-hydrogen) atoms. The standard InChI is InChI=1S/C12H13F4NO/c1-2-8-5-3-4-6-9(8)7-17-11(18)12(15,16)10(13)14/h3-6,10H,2,7H2,1H3,(H,17,18). The summed E-state index contributed by atoms with van der Waals surface area (Å²) in [6.45, 7) is 1.68. The van der Waals surface area contributed by atoms with Crippen molar-refractivity contribution >= 4 is 5.91 Å². The van der Waals surface area contributed by atoms with Crippen molar-refractivity contribution in [2.24, 2.45) is 0 Å². The second kappa shape index (κ2) is 5.84. The van der Waals surface area contributed by atoms with Crippen LogP contribution in [0, 0.1) is 0 Å². The van der Waals surface area contributed by atoms with Gasteiger partial charge in [0.15, 0.2) is 0 Å². The number of carbonyl (C=O) groups is 1. The predicted octanol–water partition coefficient (Wildman–Crippen LogP) is 2.77. The minimum absolute atomic E-state index is 0.189. The van der Waals surface area contributed by atoms with E-state index >= 15 is 0 Å². The Bertz CT molecular complexity index is 420. The molecule has 0 saturated heterocycles. The van der Waals surface area contributed by atoms with Gasteiger partial charge in [0.25, 0.3) is 5.91 Å². The highest BCUT2D eigenvalue weighted by Crippen LogP contribution is 2.23. The van der Waals surface area contributed by atoms with Gasteiger partial charge in [-0.05, 0) is 17.5 Å². The first-order valence-electron chi connectivity index (χ1n) is 5.40. The van der Waals surface area contributed by atoms with Crippen LogP contribution in [0.15, 0.2) is 24.3 Å². The third kappa shape index (κ3) is 3.21. The van der Waals surface area contributed by atoms with E-state index in [0.717, 1.165) is 5.56 Å². The highest BCUT2D eigenvalue weighted by molar-refractivity contribution is 5.83. The van der Waals surface area contributed by atoms with Gasteiger partial charge >= 0.3 is 12.3 Å². The monoisotopic (exact) mass is 263 g/mol. The third-order valence-corrected chi connectivity index (χ3v) is 2.52. The second-order valence-corrected chi connectivity index (χ2v) is 3.73. The molecule has 6 heteroatoms. The molecule has 1 rings (SSSR count). The van der Waals surface area contributed by atoms with E-state index < -0.39 is 18.3 Å². The van der Waals surface area contributed by atoms with Crippen LogP contribution in [0.2, 0.25) is 0 Å². The van der Waals surface area contributed by atoms with Crippen LogP contribution < -0.4 is 5.32 Å². The normalized spacial score (nSPS) is 11.7. The lowest BCUT2D eigenvalue weighted by atomic mass is 10.1. The minimum Gasteiger partial charge on any atom is -0.347 e. The van der Waals surface area contributed by atoms with E-state index in [9.17, 15) is 22.4 Å². The van der Waals surface area contributed by atoms with E-state index in [4.69, 9.17) is 0 Å². The molecule has 100 valence electrons. The van der Waals surface area contributed by atoms with E-state index in [1.807, 2.05) is 12.2 Å². The number of carbonyl (C=O) groups excluding carboxylic acids is 1. The molecule has 0 atom stereocenters. The fourth-order valence-corrected chi connectivity index (χ4v) is 1.47. The van der Waals surface area contributed by atoms with Crippen LogP contribution in [0.25, 0.3) is 0 Å². The Balaban J connectivity index is 2.68. The van der Waals surface area contributed by atoms with Crippen molar-refractivity contribution in [1.29, 1.82) is 0 Å². The molecule has 0 bridgehead atoms. The molecule has 0 aromatic heterocycles. The van der Waals surface area contributed by atoms with Gasteiger partial charge in [-0.25, -0.2) is 8.78 Å². The SMILES string of the molecule is CCc1ccccc1CNC(=O)C(F)(F)C(F)F. The van der Waals surface area contributed by atoms with Gasteiger partial charge in [-0.2, -0.15) is 8.78 Å². The van der Waals surface area contributed by atoms with Crippen LogP contribution in [0.5, 0.6) is 0 Å². The molecule has 1 aromatic rings. The molecule has 0 fully saturated rings. The first-order chi connectivity index (χ1) is 8.39. The molecule has 2 nitrogen and oxygen atoms in total. The number of nitrogens with one attached hydrogen (secondary N) is 1. The van der Waals surface area contributed by atoms with E-state index in [-0.39, 0.29) is 6.54 Å². The number of halogens is 4. The van der Waals surface area contributed by atoms with Gasteiger partial charge in [0, 0.05) is 6.54 Å². The lowest BCUT2D eigenvalue weighted by Crippen LogP contribution is -2.44. The van der Waals surface area contributed by atoms with E-state index in [1.54, 1.807) is 24.3 Å². The Hall–Kier alpha value is -1.59. The number of benzene rings is 1. The van der Waals surface area contributed by atoms with Gasteiger partial charge in [0.05, 0.1) is 0 Å². The number of hydrogen-bond acceptors (Lipinski definition) is 1. The van der Waals surface area contributed by atoms with Crippen LogP contribution in [0.1, 0.15) is 18.1 Å². The maximum Gasteiger partial charge on any atom is 0.383 e. The number of rotatable bonds is 5. The van der Waals surface area contributed by atoms with Gasteiger partial charge in [0.1, 0.15) is 0 Å². The van der Waals surface area contributed by atoms with Gasteiger partial charge < -0.3 is 5.32 Å². The molecule has 1 amide bonds. The summed E-state index contributed by atoms with van der Waals surface area (Å²) in [5.74, 6) is -6.61. The van der Waals surface area contributed by atoms with Crippen molar-refractivity contribution in [3.8, 4) is 0 Å². The summed E-state index contributed by atoms with van der Waals surface area (Å²) in [5, 5.41) is 1.83. The molecule has 1 aromatic carbocycles. The predicted molar refractivity (Wildman–Crippen MR) is 58.6 cm³/mol. The summed E-state index contributed by atoms with van der Waals surface area (Å²) in [5.41, 5.74) is 1.51. The smallest absolute Gasteiger partial charge is 0.347 e. The molecular formula is C12H13F4NO. The van der Waals surface area contributed by atoms with Crippen molar-refractivity contribution in [3.05, 3.63) is 35.4 Å².